The van der Waals surface area contributed by atoms with E-state index in [1.165, 1.54) is 0 Å². The van der Waals surface area contributed by atoms with Crippen LogP contribution >= 0.6 is 0 Å². The van der Waals surface area contributed by atoms with Crippen molar-refractivity contribution in [2.45, 2.75) is 13.8 Å². The summed E-state index contributed by atoms with van der Waals surface area (Å²) >= 11 is 0. The minimum Gasteiger partial charge on any atom is -0.462 e. The molecule has 0 fully saturated rings. The van der Waals surface area contributed by atoms with Gasteiger partial charge in [-0.15, -0.1) is 0 Å². The number of hydrogen-bond donors (Lipinski definition) is 0. The molecule has 4 heteroatoms. The minimum atomic E-state index is -0.161. The zero-order chi connectivity index (χ0) is 18.1. The standard InChI is InChI=1S/C22H17NO3/c1-14-7-10-16(11-8-14)21(24)18(13-17-12-9-15(2)25-17)22-23-19-5-3-4-6-20(19)26-22/h3-13H,1-2H3/b18-13+. The second-order valence-corrected chi connectivity index (χ2v) is 6.19. The van der Waals surface area contributed by atoms with Gasteiger partial charge in [-0.3, -0.25) is 4.79 Å². The van der Waals surface area contributed by atoms with Crippen LogP contribution in [-0.2, 0) is 0 Å². The average molecular weight is 343 g/mol. The molecule has 0 radical (unpaired) electrons. The Balaban J connectivity index is 1.84. The number of furan rings is 1. The minimum absolute atomic E-state index is 0.161. The molecule has 0 unspecified atom stereocenters. The van der Waals surface area contributed by atoms with Crippen molar-refractivity contribution in [1.29, 1.82) is 0 Å². The van der Waals surface area contributed by atoms with Crippen molar-refractivity contribution in [2.75, 3.05) is 0 Å². The molecular formula is C22H17NO3. The second-order valence-electron chi connectivity index (χ2n) is 6.19. The summed E-state index contributed by atoms with van der Waals surface area (Å²) < 4.78 is 11.5. The van der Waals surface area contributed by atoms with Gasteiger partial charge >= 0.3 is 0 Å². The Morgan fingerprint density at radius 1 is 0.923 bits per heavy atom. The summed E-state index contributed by atoms with van der Waals surface area (Å²) in [5, 5.41) is 0. The van der Waals surface area contributed by atoms with Crippen molar-refractivity contribution >= 4 is 28.5 Å². The molecule has 2 aromatic carbocycles. The zero-order valence-electron chi connectivity index (χ0n) is 14.5. The lowest BCUT2D eigenvalue weighted by molar-refractivity contribution is 0.105. The third kappa shape index (κ3) is 3.09. The van der Waals surface area contributed by atoms with Gasteiger partial charge in [0, 0.05) is 5.56 Å². The fourth-order valence-electron chi connectivity index (χ4n) is 2.75. The van der Waals surface area contributed by atoms with Crippen molar-refractivity contribution < 1.29 is 13.6 Å². The first-order chi connectivity index (χ1) is 12.6. The largest absolute Gasteiger partial charge is 0.462 e. The molecule has 128 valence electrons. The van der Waals surface area contributed by atoms with Crippen LogP contribution in [-0.4, -0.2) is 10.8 Å². The maximum absolute atomic E-state index is 13.1. The molecule has 0 aliphatic heterocycles. The molecule has 4 aromatic rings. The number of allylic oxidation sites excluding steroid dienone is 1. The summed E-state index contributed by atoms with van der Waals surface area (Å²) in [5.74, 6) is 1.48. The number of carbonyl (C=O) groups excluding carboxylic acids is 1. The van der Waals surface area contributed by atoms with Crippen LogP contribution in [0.4, 0.5) is 0 Å². The monoisotopic (exact) mass is 343 g/mol. The summed E-state index contributed by atoms with van der Waals surface area (Å²) in [5.41, 5.74) is 3.38. The normalized spacial score (nSPS) is 11.8. The Kier molecular flexibility index (Phi) is 4.01. The van der Waals surface area contributed by atoms with Crippen LogP contribution in [0.25, 0.3) is 22.7 Å². The Morgan fingerprint density at radius 2 is 1.69 bits per heavy atom. The number of rotatable bonds is 4. The van der Waals surface area contributed by atoms with Crippen molar-refractivity contribution in [1.82, 2.24) is 4.98 Å². The van der Waals surface area contributed by atoms with Crippen LogP contribution < -0.4 is 0 Å². The number of nitrogens with zero attached hydrogens (tertiary/aromatic N) is 1. The van der Waals surface area contributed by atoms with E-state index in [1.807, 2.05) is 74.5 Å². The second kappa shape index (κ2) is 6.48. The van der Waals surface area contributed by atoms with Gasteiger partial charge in [0.25, 0.3) is 0 Å². The molecule has 0 atom stereocenters. The number of fused-ring (bicyclic) bond motifs is 1. The van der Waals surface area contributed by atoms with Crippen molar-refractivity contribution in [3.63, 3.8) is 0 Å². The predicted octanol–water partition coefficient (Wildman–Crippen LogP) is 5.46. The fourth-order valence-corrected chi connectivity index (χ4v) is 2.75. The van der Waals surface area contributed by atoms with Gasteiger partial charge in [-0.1, -0.05) is 42.0 Å². The lowest BCUT2D eigenvalue weighted by Gasteiger charge is -2.03. The number of aryl methyl sites for hydroxylation is 2. The number of ketones is 1. The highest BCUT2D eigenvalue weighted by atomic mass is 16.4. The van der Waals surface area contributed by atoms with E-state index in [-0.39, 0.29) is 11.7 Å². The van der Waals surface area contributed by atoms with Gasteiger partial charge < -0.3 is 8.83 Å². The van der Waals surface area contributed by atoms with Crippen LogP contribution in [0.15, 0.2) is 69.5 Å². The smallest absolute Gasteiger partial charge is 0.231 e. The van der Waals surface area contributed by atoms with Crippen LogP contribution in [0.5, 0.6) is 0 Å². The van der Waals surface area contributed by atoms with Crippen LogP contribution in [0.1, 0.15) is 33.3 Å². The third-order valence-electron chi connectivity index (χ3n) is 4.13. The summed E-state index contributed by atoms with van der Waals surface area (Å²) in [6.07, 6.45) is 1.68. The van der Waals surface area contributed by atoms with E-state index in [4.69, 9.17) is 8.83 Å². The summed E-state index contributed by atoms with van der Waals surface area (Å²) in [6.45, 7) is 3.84. The van der Waals surface area contributed by atoms with E-state index in [0.717, 1.165) is 11.3 Å². The average Bonchev–Trinajstić information content (AvgIpc) is 3.25. The van der Waals surface area contributed by atoms with Crippen LogP contribution in [0, 0.1) is 13.8 Å². The lowest BCUT2D eigenvalue weighted by atomic mass is 10.0. The highest BCUT2D eigenvalue weighted by Crippen LogP contribution is 2.26. The van der Waals surface area contributed by atoms with Gasteiger partial charge in [-0.25, -0.2) is 4.98 Å². The third-order valence-corrected chi connectivity index (χ3v) is 4.13. The predicted molar refractivity (Wildman–Crippen MR) is 101 cm³/mol. The Hall–Kier alpha value is -3.40. The molecule has 0 aliphatic carbocycles. The fraction of sp³-hybridized carbons (Fsp3) is 0.0909. The number of hydrogen-bond acceptors (Lipinski definition) is 4. The molecule has 0 saturated carbocycles. The van der Waals surface area contributed by atoms with Gasteiger partial charge in [0.2, 0.25) is 5.89 Å². The molecule has 4 nitrogen and oxygen atoms in total. The molecule has 4 rings (SSSR count). The van der Waals surface area contributed by atoms with Gasteiger partial charge in [-0.05, 0) is 44.2 Å². The topological polar surface area (TPSA) is 56.2 Å². The van der Waals surface area contributed by atoms with Gasteiger partial charge in [-0.2, -0.15) is 0 Å². The summed E-state index contributed by atoms with van der Waals surface area (Å²) in [4.78, 5) is 17.6. The maximum atomic E-state index is 13.1. The Morgan fingerprint density at radius 3 is 2.38 bits per heavy atom. The number of aromatic nitrogens is 1. The van der Waals surface area contributed by atoms with Crippen LogP contribution in [0.3, 0.4) is 0 Å². The number of benzene rings is 2. The molecular weight excluding hydrogens is 326 g/mol. The van der Waals surface area contributed by atoms with E-state index >= 15 is 0 Å². The van der Waals surface area contributed by atoms with Crippen LogP contribution in [0.2, 0.25) is 0 Å². The van der Waals surface area contributed by atoms with E-state index in [0.29, 0.717) is 28.0 Å². The first-order valence-corrected chi connectivity index (χ1v) is 8.35. The Labute approximate surface area is 150 Å². The van der Waals surface area contributed by atoms with Crippen molar-refractivity contribution in [3.05, 3.63) is 89.2 Å². The molecule has 2 heterocycles. The van der Waals surface area contributed by atoms with Gasteiger partial charge in [0.05, 0.1) is 5.57 Å². The molecule has 0 N–H and O–H groups in total. The molecule has 0 aliphatic rings. The zero-order valence-corrected chi connectivity index (χ0v) is 14.5. The lowest BCUT2D eigenvalue weighted by Crippen LogP contribution is -2.03. The van der Waals surface area contributed by atoms with Crippen molar-refractivity contribution in [2.24, 2.45) is 0 Å². The summed E-state index contributed by atoms with van der Waals surface area (Å²) in [6, 6.07) is 18.6. The molecule has 0 amide bonds. The van der Waals surface area contributed by atoms with Gasteiger partial charge in [0.15, 0.2) is 11.4 Å². The molecule has 0 spiro atoms. The van der Waals surface area contributed by atoms with E-state index in [1.54, 1.807) is 6.08 Å². The molecule has 26 heavy (non-hydrogen) atoms. The highest BCUT2D eigenvalue weighted by Gasteiger charge is 2.20. The van der Waals surface area contributed by atoms with E-state index in [9.17, 15) is 4.79 Å². The summed E-state index contributed by atoms with van der Waals surface area (Å²) in [7, 11) is 0. The molecule has 2 aromatic heterocycles. The highest BCUT2D eigenvalue weighted by molar-refractivity contribution is 6.31. The number of oxazole rings is 1. The quantitative estimate of drug-likeness (QED) is 0.365. The molecule has 0 saturated heterocycles. The SMILES string of the molecule is Cc1ccc(C(=O)/C(=C\c2ccc(C)o2)c2nc3ccccc3o2)cc1. The number of para-hydroxylation sites is 2. The number of carbonyl (C=O) groups is 1. The number of Topliss-reactive ketones (excluding diaryl/α,β-unsaturated/α-hetero) is 1. The Bertz CT molecular complexity index is 1080. The first kappa shape index (κ1) is 16.1. The van der Waals surface area contributed by atoms with E-state index in [2.05, 4.69) is 4.98 Å². The van der Waals surface area contributed by atoms with Gasteiger partial charge in [0.1, 0.15) is 17.0 Å². The first-order valence-electron chi connectivity index (χ1n) is 8.35. The maximum Gasteiger partial charge on any atom is 0.231 e. The van der Waals surface area contributed by atoms with Crippen molar-refractivity contribution in [3.8, 4) is 0 Å². The molecule has 0 bridgehead atoms. The van der Waals surface area contributed by atoms with E-state index < -0.39 is 0 Å².